The van der Waals surface area contributed by atoms with Crippen LogP contribution in [0.2, 0.25) is 0 Å². The fourth-order valence-electron chi connectivity index (χ4n) is 3.15. The van der Waals surface area contributed by atoms with Crippen LogP contribution in [-0.4, -0.2) is 45.4 Å². The van der Waals surface area contributed by atoms with E-state index in [2.05, 4.69) is 30.9 Å². The van der Waals surface area contributed by atoms with E-state index in [-0.39, 0.29) is 42.6 Å². The van der Waals surface area contributed by atoms with E-state index in [1.54, 1.807) is 53.1 Å². The highest BCUT2D eigenvalue weighted by Crippen LogP contribution is 2.49. The van der Waals surface area contributed by atoms with Gasteiger partial charge in [0.15, 0.2) is 11.2 Å². The number of para-hydroxylation sites is 1. The highest BCUT2D eigenvalue weighted by atomic mass is 79.9. The molecule has 0 saturated heterocycles. The smallest absolute Gasteiger partial charge is 0.406 e. The third-order valence-electron chi connectivity index (χ3n) is 4.91. The van der Waals surface area contributed by atoms with Crippen molar-refractivity contribution in [3.8, 4) is 5.75 Å². The second-order valence-electron chi connectivity index (χ2n) is 7.67. The maximum absolute atomic E-state index is 13.4. The van der Waals surface area contributed by atoms with Crippen LogP contribution in [0.25, 0.3) is 11.2 Å². The largest absolute Gasteiger partial charge is 0.515 e. The molecule has 38 heavy (non-hydrogen) atoms. The average Bonchev–Trinajstić information content (AvgIpc) is 3.29. The van der Waals surface area contributed by atoms with Crippen LogP contribution in [0.3, 0.4) is 0 Å². The summed E-state index contributed by atoms with van der Waals surface area (Å²) in [5.74, 6) is 0.231. The zero-order chi connectivity index (χ0) is 27.0. The summed E-state index contributed by atoms with van der Waals surface area (Å²) < 4.78 is 42.1. The Morgan fingerprint density at radius 2 is 1.95 bits per heavy atom. The van der Waals surface area contributed by atoms with E-state index in [1.165, 1.54) is 6.33 Å². The number of anilines is 1. The molecular formula is C23H23BrN5O8P. The number of carbonyl (C=O) groups excluding carboxylic acids is 1. The summed E-state index contributed by atoms with van der Waals surface area (Å²) in [6.45, 7) is -0.474. The van der Waals surface area contributed by atoms with Gasteiger partial charge in [-0.25, -0.2) is 9.78 Å². The van der Waals surface area contributed by atoms with Crippen molar-refractivity contribution >= 4 is 46.8 Å². The summed E-state index contributed by atoms with van der Waals surface area (Å²) in [6.07, 6.45) is -0.0628. The van der Waals surface area contributed by atoms with Gasteiger partial charge in [-0.15, -0.1) is 0 Å². The minimum atomic E-state index is -3.89. The number of imidazole rings is 1. The Morgan fingerprint density at radius 1 is 1.13 bits per heavy atom. The van der Waals surface area contributed by atoms with Crippen molar-refractivity contribution in [2.45, 2.75) is 13.2 Å². The maximum Gasteiger partial charge on any atom is 0.515 e. The summed E-state index contributed by atoms with van der Waals surface area (Å²) >= 11 is 3.37. The van der Waals surface area contributed by atoms with Gasteiger partial charge >= 0.3 is 13.8 Å². The third kappa shape index (κ3) is 7.73. The number of carbonyl (C=O) groups is 1. The number of H-pyrrole nitrogens is 1. The first-order valence-corrected chi connectivity index (χ1v) is 13.6. The van der Waals surface area contributed by atoms with Crippen molar-refractivity contribution in [2.24, 2.45) is 0 Å². The number of fused-ring (bicyclic) bond motifs is 1. The maximum atomic E-state index is 13.4. The SMILES string of the molecule is Nc1nc2c(ncn2CCOCP(=O)(OCOC(=O)Oc2ccccc2)OCc2cccc(Br)c2)c(=O)[nH]1. The van der Waals surface area contributed by atoms with Crippen LogP contribution >= 0.6 is 23.5 Å². The number of nitrogen functional groups attached to an aromatic ring is 1. The second kappa shape index (κ2) is 12.8. The molecule has 0 aliphatic carbocycles. The molecule has 0 spiro atoms. The zero-order valence-corrected chi connectivity index (χ0v) is 22.3. The van der Waals surface area contributed by atoms with E-state index in [4.69, 9.17) is 29.0 Å². The molecule has 2 aromatic carbocycles. The molecular weight excluding hydrogens is 585 g/mol. The van der Waals surface area contributed by atoms with Crippen molar-refractivity contribution < 1.29 is 32.6 Å². The monoisotopic (exact) mass is 607 g/mol. The van der Waals surface area contributed by atoms with Gasteiger partial charge in [-0.2, -0.15) is 4.98 Å². The number of nitrogens with one attached hydrogen (secondary N) is 1. The van der Waals surface area contributed by atoms with Crippen LogP contribution in [0.15, 0.2) is 70.2 Å². The molecule has 4 rings (SSSR count). The molecule has 13 nitrogen and oxygen atoms in total. The van der Waals surface area contributed by atoms with E-state index in [0.29, 0.717) is 0 Å². The lowest BCUT2D eigenvalue weighted by Crippen LogP contribution is -2.15. The molecule has 1 atom stereocenters. The van der Waals surface area contributed by atoms with Gasteiger partial charge in [-0.05, 0) is 29.8 Å². The van der Waals surface area contributed by atoms with Crippen molar-refractivity contribution in [2.75, 3.05) is 25.5 Å². The molecule has 0 fully saturated rings. The van der Waals surface area contributed by atoms with Gasteiger partial charge in [-0.1, -0.05) is 46.3 Å². The summed E-state index contributed by atoms with van der Waals surface area (Å²) in [6, 6.07) is 15.5. The van der Waals surface area contributed by atoms with Crippen LogP contribution in [0.1, 0.15) is 5.56 Å². The first kappa shape index (κ1) is 27.5. The molecule has 0 saturated carbocycles. The van der Waals surface area contributed by atoms with Gasteiger partial charge in [-0.3, -0.25) is 18.9 Å². The molecule has 4 aromatic rings. The molecule has 2 aromatic heterocycles. The molecule has 0 amide bonds. The molecule has 3 N–H and O–H groups in total. The lowest BCUT2D eigenvalue weighted by atomic mass is 10.2. The second-order valence-corrected chi connectivity index (χ2v) is 10.6. The minimum absolute atomic E-state index is 0.0460. The van der Waals surface area contributed by atoms with Crippen LogP contribution in [0.5, 0.6) is 5.75 Å². The van der Waals surface area contributed by atoms with E-state index < -0.39 is 32.5 Å². The molecule has 0 bridgehead atoms. The number of hydrogen-bond acceptors (Lipinski definition) is 11. The summed E-state index contributed by atoms with van der Waals surface area (Å²) in [7, 11) is -3.89. The van der Waals surface area contributed by atoms with Crippen molar-refractivity contribution in [3.63, 3.8) is 0 Å². The Kier molecular flexibility index (Phi) is 9.26. The Balaban J connectivity index is 1.34. The van der Waals surface area contributed by atoms with E-state index >= 15 is 0 Å². The summed E-state index contributed by atoms with van der Waals surface area (Å²) in [5.41, 5.74) is 6.29. The summed E-state index contributed by atoms with van der Waals surface area (Å²) in [4.78, 5) is 34.3. The molecule has 2 heterocycles. The number of halogens is 1. The topological polar surface area (TPSA) is 170 Å². The summed E-state index contributed by atoms with van der Waals surface area (Å²) in [5, 5.41) is 0. The fourth-order valence-corrected chi connectivity index (χ4v) is 4.74. The van der Waals surface area contributed by atoms with E-state index in [0.717, 1.165) is 10.0 Å². The number of ether oxygens (including phenoxy) is 3. The quantitative estimate of drug-likeness (QED) is 0.0783. The van der Waals surface area contributed by atoms with Crippen molar-refractivity contribution in [1.29, 1.82) is 0 Å². The van der Waals surface area contributed by atoms with Gasteiger partial charge in [0.05, 0.1) is 19.5 Å². The van der Waals surface area contributed by atoms with Crippen LogP contribution in [0, 0.1) is 0 Å². The number of rotatable bonds is 12. The molecule has 0 aliphatic heterocycles. The normalized spacial score (nSPS) is 12.8. The fraction of sp³-hybridized carbons (Fsp3) is 0.217. The lowest BCUT2D eigenvalue weighted by Gasteiger charge is -2.19. The highest BCUT2D eigenvalue weighted by molar-refractivity contribution is 9.10. The number of nitrogens with two attached hydrogens (primary N) is 1. The van der Waals surface area contributed by atoms with Crippen molar-refractivity contribution in [3.05, 3.63) is 81.3 Å². The third-order valence-corrected chi connectivity index (χ3v) is 6.92. The molecule has 0 radical (unpaired) electrons. The number of benzene rings is 2. The van der Waals surface area contributed by atoms with Gasteiger partial charge in [0, 0.05) is 11.0 Å². The minimum Gasteiger partial charge on any atom is -0.406 e. The lowest BCUT2D eigenvalue weighted by molar-refractivity contribution is 0.0154. The first-order chi connectivity index (χ1) is 18.3. The Morgan fingerprint density at radius 3 is 2.74 bits per heavy atom. The molecule has 15 heteroatoms. The van der Waals surface area contributed by atoms with Gasteiger partial charge in [0.25, 0.3) is 5.56 Å². The Bertz CT molecular complexity index is 1500. The zero-order valence-electron chi connectivity index (χ0n) is 19.8. The average molecular weight is 608 g/mol. The van der Waals surface area contributed by atoms with Crippen LogP contribution in [0.4, 0.5) is 10.7 Å². The van der Waals surface area contributed by atoms with E-state index in [1.807, 2.05) is 6.07 Å². The molecule has 0 aliphatic rings. The number of aromatic nitrogens is 4. The van der Waals surface area contributed by atoms with Gasteiger partial charge < -0.3 is 29.0 Å². The first-order valence-electron chi connectivity index (χ1n) is 11.1. The molecule has 200 valence electrons. The molecule has 1 unspecified atom stereocenters. The van der Waals surface area contributed by atoms with Gasteiger partial charge in [0.1, 0.15) is 12.1 Å². The Labute approximate surface area is 224 Å². The number of nitrogens with zero attached hydrogens (tertiary/aromatic N) is 3. The Hall–Kier alpha value is -3.55. The van der Waals surface area contributed by atoms with Gasteiger partial charge in [0.2, 0.25) is 12.7 Å². The predicted octanol–water partition coefficient (Wildman–Crippen LogP) is 4.04. The predicted molar refractivity (Wildman–Crippen MR) is 139 cm³/mol. The van der Waals surface area contributed by atoms with Crippen LogP contribution < -0.4 is 16.0 Å². The standard InChI is InChI=1S/C23H23BrN5O8P/c24-17-6-4-5-16(11-17)12-35-38(32,36-14-34-23(31)37-18-7-2-1-3-8-18)15-33-10-9-29-13-26-19-20(29)27-22(25)28-21(19)30/h1-8,11,13H,9-10,12,14-15H2,(H3,25,27,28,30). The number of hydrogen-bond donors (Lipinski definition) is 2. The van der Waals surface area contributed by atoms with E-state index in [9.17, 15) is 14.2 Å². The van der Waals surface area contributed by atoms with Crippen molar-refractivity contribution in [1.82, 2.24) is 19.5 Å². The number of aromatic amines is 1. The highest BCUT2D eigenvalue weighted by Gasteiger charge is 2.27. The van der Waals surface area contributed by atoms with Crippen LogP contribution in [-0.2, 0) is 36.2 Å².